The first kappa shape index (κ1) is 31.9. The SMILES string of the molecule is c1ccc(-c2nc(-c3ccccc3)nc(-c3cccc4sc5ccc(-c6ccc7c(c6)c6ccccc6n7-c6cccc7c6oc6ccccc67)cc5c34)n2)cc1. The van der Waals surface area contributed by atoms with Gasteiger partial charge in [0, 0.05) is 58.4 Å². The van der Waals surface area contributed by atoms with Crippen LogP contribution in [0.3, 0.4) is 0 Å². The van der Waals surface area contributed by atoms with Gasteiger partial charge in [0.2, 0.25) is 0 Å². The van der Waals surface area contributed by atoms with E-state index in [1.807, 2.05) is 72.8 Å². The largest absolute Gasteiger partial charge is 0.454 e. The van der Waals surface area contributed by atoms with Crippen molar-refractivity contribution in [3.63, 3.8) is 0 Å². The highest BCUT2D eigenvalue weighted by Crippen LogP contribution is 2.43. The quantitative estimate of drug-likeness (QED) is 0.176. The van der Waals surface area contributed by atoms with E-state index in [4.69, 9.17) is 19.4 Å². The van der Waals surface area contributed by atoms with Gasteiger partial charge in [0.1, 0.15) is 5.58 Å². The van der Waals surface area contributed by atoms with Crippen LogP contribution in [0, 0.1) is 0 Å². The molecule has 0 atom stereocenters. The molecule has 5 nitrogen and oxygen atoms in total. The number of fused-ring (bicyclic) bond motifs is 9. The van der Waals surface area contributed by atoms with E-state index in [-0.39, 0.29) is 0 Å². The van der Waals surface area contributed by atoms with Gasteiger partial charge in [0.05, 0.1) is 16.7 Å². The smallest absolute Gasteiger partial charge is 0.164 e. The van der Waals surface area contributed by atoms with Gasteiger partial charge in [0.25, 0.3) is 0 Å². The predicted octanol–water partition coefficient (Wildman–Crippen LogP) is 13.9. The Kier molecular flexibility index (Phi) is 7.03. The summed E-state index contributed by atoms with van der Waals surface area (Å²) in [5, 5.41) is 6.97. The molecule has 12 rings (SSSR count). The average molecular weight is 747 g/mol. The number of hydrogen-bond donors (Lipinski definition) is 0. The van der Waals surface area contributed by atoms with Crippen LogP contribution in [0.15, 0.2) is 186 Å². The summed E-state index contributed by atoms with van der Waals surface area (Å²) in [6, 6.07) is 63.8. The van der Waals surface area contributed by atoms with Gasteiger partial charge in [-0.05, 0) is 59.7 Å². The standard InChI is InChI=1S/C51H30N4OS/c1-3-13-31(14-4-1)49-52-50(32-15-5-2-6-16-32)54-51(53-49)38-20-12-24-46-47(38)40-30-34(26-28-45(40)57-46)33-25-27-42-39(29-33)35-17-7-9-21-41(35)55(42)43-22-11-19-37-36-18-8-10-23-44(36)56-48(37)43/h1-30H. The molecule has 6 heteroatoms. The van der Waals surface area contributed by atoms with Gasteiger partial charge in [-0.3, -0.25) is 0 Å². The Bertz CT molecular complexity index is 3470. The topological polar surface area (TPSA) is 56.7 Å². The molecule has 0 radical (unpaired) electrons. The molecule has 0 aliphatic carbocycles. The lowest BCUT2D eigenvalue weighted by molar-refractivity contribution is 0.666. The average Bonchev–Trinajstić information content (AvgIpc) is 3.96. The third kappa shape index (κ3) is 5.04. The molecule has 0 unspecified atom stereocenters. The number of para-hydroxylation sites is 3. The van der Waals surface area contributed by atoms with Crippen LogP contribution in [-0.2, 0) is 0 Å². The third-order valence-electron chi connectivity index (χ3n) is 11.1. The molecule has 4 aromatic heterocycles. The Balaban J connectivity index is 1.04. The molecule has 0 saturated carbocycles. The highest BCUT2D eigenvalue weighted by atomic mass is 32.1. The summed E-state index contributed by atoms with van der Waals surface area (Å²) < 4.78 is 11.3. The Morgan fingerprint density at radius 3 is 1.81 bits per heavy atom. The Hall–Kier alpha value is -7.41. The van der Waals surface area contributed by atoms with E-state index >= 15 is 0 Å². The first-order valence-electron chi connectivity index (χ1n) is 19.0. The second-order valence-electron chi connectivity index (χ2n) is 14.4. The highest BCUT2D eigenvalue weighted by molar-refractivity contribution is 7.26. The van der Waals surface area contributed by atoms with E-state index in [0.717, 1.165) is 71.9 Å². The van der Waals surface area contributed by atoms with Crippen molar-refractivity contribution in [1.29, 1.82) is 0 Å². The van der Waals surface area contributed by atoms with Gasteiger partial charge in [-0.15, -0.1) is 11.3 Å². The summed E-state index contributed by atoms with van der Waals surface area (Å²) in [6.45, 7) is 0. The zero-order valence-corrected chi connectivity index (χ0v) is 31.2. The zero-order chi connectivity index (χ0) is 37.5. The molecule has 0 fully saturated rings. The van der Waals surface area contributed by atoms with Crippen LogP contribution < -0.4 is 0 Å². The summed E-state index contributed by atoms with van der Waals surface area (Å²) >= 11 is 1.80. The second-order valence-corrected chi connectivity index (χ2v) is 15.5. The molecule has 57 heavy (non-hydrogen) atoms. The molecule has 12 aromatic rings. The minimum Gasteiger partial charge on any atom is -0.454 e. The minimum atomic E-state index is 0.653. The van der Waals surface area contributed by atoms with Crippen molar-refractivity contribution >= 4 is 75.3 Å². The number of thiophene rings is 1. The molecule has 0 saturated heterocycles. The predicted molar refractivity (Wildman–Crippen MR) is 236 cm³/mol. The lowest BCUT2D eigenvalue weighted by atomic mass is 9.99. The van der Waals surface area contributed by atoms with Gasteiger partial charge < -0.3 is 8.98 Å². The fourth-order valence-electron chi connectivity index (χ4n) is 8.44. The second kappa shape index (κ2) is 12.6. The molecule has 8 aromatic carbocycles. The first-order chi connectivity index (χ1) is 28.2. The maximum Gasteiger partial charge on any atom is 0.164 e. The third-order valence-corrected chi connectivity index (χ3v) is 12.2. The van der Waals surface area contributed by atoms with E-state index in [9.17, 15) is 0 Å². The number of aromatic nitrogens is 4. The van der Waals surface area contributed by atoms with Gasteiger partial charge in [-0.1, -0.05) is 133 Å². The summed E-state index contributed by atoms with van der Waals surface area (Å²) in [4.78, 5) is 15.2. The van der Waals surface area contributed by atoms with Crippen molar-refractivity contribution in [3.05, 3.63) is 182 Å². The van der Waals surface area contributed by atoms with Gasteiger partial charge in [-0.2, -0.15) is 0 Å². The maximum absolute atomic E-state index is 6.53. The Morgan fingerprint density at radius 2 is 1.02 bits per heavy atom. The van der Waals surface area contributed by atoms with Crippen molar-refractivity contribution < 1.29 is 4.42 Å². The Morgan fingerprint density at radius 1 is 0.404 bits per heavy atom. The number of furan rings is 1. The van der Waals surface area contributed by atoms with Gasteiger partial charge in [0.15, 0.2) is 23.1 Å². The van der Waals surface area contributed by atoms with Crippen molar-refractivity contribution in [2.24, 2.45) is 0 Å². The molecular formula is C51H30N4OS. The summed E-state index contributed by atoms with van der Waals surface area (Å²) in [5.74, 6) is 1.97. The molecule has 0 aliphatic rings. The van der Waals surface area contributed by atoms with Crippen LogP contribution in [0.25, 0.3) is 115 Å². The minimum absolute atomic E-state index is 0.653. The van der Waals surface area contributed by atoms with Gasteiger partial charge in [-0.25, -0.2) is 15.0 Å². The monoisotopic (exact) mass is 746 g/mol. The van der Waals surface area contributed by atoms with Crippen LogP contribution >= 0.6 is 11.3 Å². The van der Waals surface area contributed by atoms with E-state index in [1.54, 1.807) is 11.3 Å². The lowest BCUT2D eigenvalue weighted by Crippen LogP contribution is -2.00. The van der Waals surface area contributed by atoms with Crippen molar-refractivity contribution in [3.8, 4) is 51.0 Å². The number of hydrogen-bond acceptors (Lipinski definition) is 5. The summed E-state index contributed by atoms with van der Waals surface area (Å²) in [5.41, 5.74) is 10.3. The lowest BCUT2D eigenvalue weighted by Gasteiger charge is -2.10. The normalized spacial score (nSPS) is 11.9. The molecule has 0 bridgehead atoms. The van der Waals surface area contributed by atoms with Crippen LogP contribution in [-0.4, -0.2) is 19.5 Å². The van der Waals surface area contributed by atoms with Crippen LogP contribution in [0.1, 0.15) is 0 Å². The van der Waals surface area contributed by atoms with Crippen LogP contribution in [0.2, 0.25) is 0 Å². The first-order valence-corrected chi connectivity index (χ1v) is 19.8. The molecule has 0 N–H and O–H groups in total. The molecule has 0 aliphatic heterocycles. The fraction of sp³-hybridized carbons (Fsp3) is 0. The van der Waals surface area contributed by atoms with E-state index < -0.39 is 0 Å². The van der Waals surface area contributed by atoms with Crippen molar-refractivity contribution in [2.75, 3.05) is 0 Å². The van der Waals surface area contributed by atoms with Crippen molar-refractivity contribution in [1.82, 2.24) is 19.5 Å². The van der Waals surface area contributed by atoms with E-state index in [1.165, 1.54) is 25.6 Å². The number of benzene rings is 8. The molecule has 0 spiro atoms. The summed E-state index contributed by atoms with van der Waals surface area (Å²) in [7, 11) is 0. The molecule has 0 amide bonds. The molecule has 266 valence electrons. The van der Waals surface area contributed by atoms with E-state index in [0.29, 0.717) is 17.5 Å². The Labute approximate surface area is 330 Å². The summed E-state index contributed by atoms with van der Waals surface area (Å²) in [6.07, 6.45) is 0. The maximum atomic E-state index is 6.53. The number of rotatable bonds is 5. The zero-order valence-electron chi connectivity index (χ0n) is 30.4. The fourth-order valence-corrected chi connectivity index (χ4v) is 9.55. The molecular weight excluding hydrogens is 717 g/mol. The van der Waals surface area contributed by atoms with Crippen LogP contribution in [0.5, 0.6) is 0 Å². The van der Waals surface area contributed by atoms with Crippen molar-refractivity contribution in [2.45, 2.75) is 0 Å². The van der Waals surface area contributed by atoms with Gasteiger partial charge >= 0.3 is 0 Å². The highest BCUT2D eigenvalue weighted by Gasteiger charge is 2.20. The van der Waals surface area contributed by atoms with Crippen LogP contribution in [0.4, 0.5) is 0 Å². The number of nitrogens with zero attached hydrogens (tertiary/aromatic N) is 4. The van der Waals surface area contributed by atoms with E-state index in [2.05, 4.69) is 114 Å². The molecule has 4 heterocycles.